The Morgan fingerprint density at radius 1 is 1.56 bits per heavy atom. The van der Waals surface area contributed by atoms with Gasteiger partial charge in [0.1, 0.15) is 6.17 Å². The monoisotopic (exact) mass is 224 g/mol. The first-order chi connectivity index (χ1) is 7.70. The number of aromatic nitrogens is 1. The second-order valence-corrected chi connectivity index (χ2v) is 4.18. The van der Waals surface area contributed by atoms with Crippen LogP contribution in [0.25, 0.3) is 0 Å². The Kier molecular flexibility index (Phi) is 3.39. The van der Waals surface area contributed by atoms with Crippen molar-refractivity contribution in [2.24, 2.45) is 0 Å². The number of piperidine rings is 1. The zero-order valence-corrected chi connectivity index (χ0v) is 9.43. The number of halogens is 1. The Morgan fingerprint density at radius 2 is 2.38 bits per heavy atom. The van der Waals surface area contributed by atoms with Crippen LogP contribution in [0.4, 0.5) is 10.1 Å². The highest BCUT2D eigenvalue weighted by Crippen LogP contribution is 2.21. The molecule has 1 aromatic rings. The summed E-state index contributed by atoms with van der Waals surface area (Å²) in [5.41, 5.74) is 1.98. The Morgan fingerprint density at radius 3 is 2.94 bits per heavy atom. The number of aliphatic hydroxyl groups excluding tert-OH is 1. The van der Waals surface area contributed by atoms with Crippen LogP contribution in [0.2, 0.25) is 0 Å². The van der Waals surface area contributed by atoms with Crippen molar-refractivity contribution >= 4 is 5.69 Å². The van der Waals surface area contributed by atoms with Gasteiger partial charge < -0.3 is 10.0 Å². The van der Waals surface area contributed by atoms with Gasteiger partial charge in [-0.2, -0.15) is 0 Å². The van der Waals surface area contributed by atoms with Gasteiger partial charge in [-0.05, 0) is 25.0 Å². The quantitative estimate of drug-likeness (QED) is 0.828. The van der Waals surface area contributed by atoms with Gasteiger partial charge in [0.2, 0.25) is 0 Å². The van der Waals surface area contributed by atoms with Crippen LogP contribution in [0, 0.1) is 0 Å². The largest absolute Gasteiger partial charge is 0.390 e. The van der Waals surface area contributed by atoms with Crippen molar-refractivity contribution in [3.05, 3.63) is 24.0 Å². The zero-order valence-electron chi connectivity index (χ0n) is 9.43. The summed E-state index contributed by atoms with van der Waals surface area (Å²) in [6.07, 6.45) is 1.21. The normalized spacial score (nSPS) is 25.8. The molecule has 1 fully saturated rings. The Bertz CT molecular complexity index is 341. The molecule has 2 heterocycles. The summed E-state index contributed by atoms with van der Waals surface area (Å²) in [7, 11) is 0. The van der Waals surface area contributed by atoms with E-state index in [2.05, 4.69) is 11.9 Å². The third kappa shape index (κ3) is 2.32. The highest BCUT2D eigenvalue weighted by Gasteiger charge is 2.27. The number of pyridine rings is 1. The first-order valence-corrected chi connectivity index (χ1v) is 5.72. The molecule has 2 atom stereocenters. The van der Waals surface area contributed by atoms with Crippen LogP contribution >= 0.6 is 0 Å². The molecule has 3 nitrogen and oxygen atoms in total. The molecular weight excluding hydrogens is 207 g/mol. The summed E-state index contributed by atoms with van der Waals surface area (Å²) in [6.45, 7) is 3.00. The van der Waals surface area contributed by atoms with E-state index < -0.39 is 12.3 Å². The van der Waals surface area contributed by atoms with Gasteiger partial charge in [0, 0.05) is 12.2 Å². The molecule has 1 N–H and O–H groups in total. The van der Waals surface area contributed by atoms with Crippen molar-refractivity contribution in [1.82, 2.24) is 4.98 Å². The van der Waals surface area contributed by atoms with Crippen LogP contribution in [-0.4, -0.2) is 35.5 Å². The van der Waals surface area contributed by atoms with Gasteiger partial charge in [-0.15, -0.1) is 0 Å². The summed E-state index contributed by atoms with van der Waals surface area (Å²) in [5, 5.41) is 9.31. The Hall–Kier alpha value is -1.16. The lowest BCUT2D eigenvalue weighted by Gasteiger charge is -2.33. The number of hydrogen-bond acceptors (Lipinski definition) is 3. The lowest BCUT2D eigenvalue weighted by Crippen LogP contribution is -2.44. The molecule has 0 aromatic carbocycles. The third-order valence-electron chi connectivity index (χ3n) is 3.04. The molecule has 0 saturated carbocycles. The molecule has 16 heavy (non-hydrogen) atoms. The number of nitrogens with zero attached hydrogens (tertiary/aromatic N) is 2. The Labute approximate surface area is 94.9 Å². The van der Waals surface area contributed by atoms with E-state index in [0.29, 0.717) is 13.0 Å². The van der Waals surface area contributed by atoms with Gasteiger partial charge >= 0.3 is 0 Å². The molecule has 0 amide bonds. The lowest BCUT2D eigenvalue weighted by molar-refractivity contribution is 0.0615. The van der Waals surface area contributed by atoms with Crippen LogP contribution in [0.5, 0.6) is 0 Å². The number of anilines is 1. The zero-order chi connectivity index (χ0) is 11.5. The topological polar surface area (TPSA) is 36.4 Å². The number of aliphatic hydroxyl groups is 1. The molecule has 1 aliphatic rings. The molecule has 0 bridgehead atoms. The van der Waals surface area contributed by atoms with Crippen molar-refractivity contribution < 1.29 is 9.50 Å². The van der Waals surface area contributed by atoms with Crippen LogP contribution in [0.15, 0.2) is 18.3 Å². The van der Waals surface area contributed by atoms with E-state index in [0.717, 1.165) is 17.8 Å². The molecule has 0 radical (unpaired) electrons. The summed E-state index contributed by atoms with van der Waals surface area (Å²) < 4.78 is 13.3. The molecule has 2 rings (SSSR count). The molecule has 0 spiro atoms. The van der Waals surface area contributed by atoms with Gasteiger partial charge in [0.15, 0.2) is 0 Å². The number of rotatable bonds is 2. The van der Waals surface area contributed by atoms with Crippen molar-refractivity contribution in [1.29, 1.82) is 0 Å². The lowest BCUT2D eigenvalue weighted by atomic mass is 10.1. The summed E-state index contributed by atoms with van der Waals surface area (Å²) in [6, 6.07) is 3.93. The average Bonchev–Trinajstić information content (AvgIpc) is 2.33. The van der Waals surface area contributed by atoms with Crippen LogP contribution in [0.1, 0.15) is 19.0 Å². The van der Waals surface area contributed by atoms with Crippen molar-refractivity contribution in [3.63, 3.8) is 0 Å². The second-order valence-electron chi connectivity index (χ2n) is 4.18. The van der Waals surface area contributed by atoms with E-state index in [-0.39, 0.29) is 6.54 Å². The predicted molar refractivity (Wildman–Crippen MR) is 61.3 cm³/mol. The molecule has 88 valence electrons. The van der Waals surface area contributed by atoms with E-state index >= 15 is 0 Å². The summed E-state index contributed by atoms with van der Waals surface area (Å²) in [4.78, 5) is 6.22. The molecule has 1 aliphatic heterocycles. The van der Waals surface area contributed by atoms with E-state index in [9.17, 15) is 9.50 Å². The minimum Gasteiger partial charge on any atom is -0.390 e. The summed E-state index contributed by atoms with van der Waals surface area (Å²) >= 11 is 0. The van der Waals surface area contributed by atoms with E-state index in [1.54, 1.807) is 6.20 Å². The van der Waals surface area contributed by atoms with Crippen LogP contribution < -0.4 is 4.90 Å². The highest BCUT2D eigenvalue weighted by molar-refractivity contribution is 5.45. The minimum absolute atomic E-state index is 0.258. The fourth-order valence-electron chi connectivity index (χ4n) is 1.94. The molecule has 1 aromatic heterocycles. The van der Waals surface area contributed by atoms with Crippen LogP contribution in [-0.2, 0) is 6.42 Å². The standard InChI is InChI=1S/C12H17FN2O/c1-2-9-3-4-10(7-14-9)15-6-5-12(16)11(13)8-15/h3-4,7,11-12,16H,2,5-6,8H2,1H3/t11-,12+/m1/s1. The maximum absolute atomic E-state index is 13.3. The van der Waals surface area contributed by atoms with Gasteiger partial charge in [-0.25, -0.2) is 4.39 Å². The predicted octanol–water partition coefficient (Wildman–Crippen LogP) is 1.55. The van der Waals surface area contributed by atoms with Gasteiger partial charge in [0.25, 0.3) is 0 Å². The smallest absolute Gasteiger partial charge is 0.143 e. The third-order valence-corrected chi connectivity index (χ3v) is 3.04. The molecule has 4 heteroatoms. The van der Waals surface area contributed by atoms with Gasteiger partial charge in [-0.1, -0.05) is 6.92 Å². The molecule has 1 saturated heterocycles. The summed E-state index contributed by atoms with van der Waals surface area (Å²) in [5.74, 6) is 0. The number of aryl methyl sites for hydroxylation is 1. The Balaban J connectivity index is 2.06. The van der Waals surface area contributed by atoms with Gasteiger partial charge in [-0.3, -0.25) is 4.98 Å². The van der Waals surface area contributed by atoms with Crippen molar-refractivity contribution in [2.75, 3.05) is 18.0 Å². The fraction of sp³-hybridized carbons (Fsp3) is 0.583. The fourth-order valence-corrected chi connectivity index (χ4v) is 1.94. The average molecular weight is 224 g/mol. The SMILES string of the molecule is CCc1ccc(N2CC[C@H](O)[C@H](F)C2)cn1. The van der Waals surface area contributed by atoms with E-state index in [1.807, 2.05) is 17.0 Å². The van der Waals surface area contributed by atoms with Crippen molar-refractivity contribution in [2.45, 2.75) is 32.0 Å². The first kappa shape index (κ1) is 11.3. The second kappa shape index (κ2) is 4.78. The molecular formula is C12H17FN2O. The minimum atomic E-state index is -1.15. The van der Waals surface area contributed by atoms with E-state index in [4.69, 9.17) is 0 Å². The maximum atomic E-state index is 13.3. The number of hydrogen-bond donors (Lipinski definition) is 1. The first-order valence-electron chi connectivity index (χ1n) is 5.72. The van der Waals surface area contributed by atoms with Crippen molar-refractivity contribution in [3.8, 4) is 0 Å². The van der Waals surface area contributed by atoms with E-state index in [1.165, 1.54) is 0 Å². The van der Waals surface area contributed by atoms with Gasteiger partial charge in [0.05, 0.1) is 24.5 Å². The molecule has 0 unspecified atom stereocenters. The van der Waals surface area contributed by atoms with Crippen LogP contribution in [0.3, 0.4) is 0 Å². The number of alkyl halides is 1. The maximum Gasteiger partial charge on any atom is 0.143 e. The molecule has 0 aliphatic carbocycles. The highest BCUT2D eigenvalue weighted by atomic mass is 19.1.